The van der Waals surface area contributed by atoms with Crippen molar-refractivity contribution >= 4 is 17.7 Å². The van der Waals surface area contributed by atoms with Gasteiger partial charge in [0.15, 0.2) is 0 Å². The molecule has 0 radical (unpaired) electrons. The van der Waals surface area contributed by atoms with Gasteiger partial charge in [-0.15, -0.1) is 0 Å². The van der Waals surface area contributed by atoms with Gasteiger partial charge in [0.2, 0.25) is 5.60 Å². The summed E-state index contributed by atoms with van der Waals surface area (Å²) in [5.74, 6) is 1.58. The molecule has 0 N–H and O–H groups in total. The van der Waals surface area contributed by atoms with Crippen LogP contribution in [0.15, 0.2) is 12.2 Å². The van der Waals surface area contributed by atoms with E-state index >= 15 is 0 Å². The van der Waals surface area contributed by atoms with Crippen molar-refractivity contribution in [1.82, 2.24) is 0 Å². The highest BCUT2D eigenvalue weighted by Crippen LogP contribution is 2.26. The third-order valence-electron chi connectivity index (χ3n) is 2.59. The number of carbonyl (C=O) groups is 1. The van der Waals surface area contributed by atoms with Crippen LogP contribution in [0, 0.1) is 11.3 Å². The molecule has 0 fully saturated rings. The van der Waals surface area contributed by atoms with Crippen LogP contribution < -0.4 is 0 Å². The first-order valence-electron chi connectivity index (χ1n) is 6.11. The van der Waals surface area contributed by atoms with Crippen molar-refractivity contribution in [2.75, 3.05) is 11.5 Å². The molecule has 17 heavy (non-hydrogen) atoms. The second-order valence-corrected chi connectivity index (χ2v) is 5.36. The zero-order valence-corrected chi connectivity index (χ0v) is 11.1. The van der Waals surface area contributed by atoms with Crippen LogP contribution in [0.4, 0.5) is 0 Å². The molecule has 1 rings (SSSR count). The van der Waals surface area contributed by atoms with Crippen LogP contribution in [0.2, 0.25) is 0 Å². The number of esters is 1. The van der Waals surface area contributed by atoms with Gasteiger partial charge in [0, 0.05) is 12.2 Å². The van der Waals surface area contributed by atoms with Crippen LogP contribution in [-0.2, 0) is 9.53 Å². The SMILES string of the molecule is CCCSCCC(=O)O[C@@]1(C#N)C=CCCC1. The fourth-order valence-electron chi connectivity index (χ4n) is 1.70. The van der Waals surface area contributed by atoms with Crippen LogP contribution in [0.25, 0.3) is 0 Å². The van der Waals surface area contributed by atoms with Gasteiger partial charge in [-0.25, -0.2) is 0 Å². The quantitative estimate of drug-likeness (QED) is 0.415. The molecule has 0 bridgehead atoms. The van der Waals surface area contributed by atoms with E-state index in [2.05, 4.69) is 13.0 Å². The standard InChI is InChI=1S/C13H19NO2S/c1-2-9-17-10-6-12(15)16-13(11-14)7-4-3-5-8-13/h4,7H,2-3,5-6,8-10H2,1H3/t13-/m0/s1. The molecule has 0 amide bonds. The normalized spacial score (nSPS) is 23.1. The average molecular weight is 253 g/mol. The highest BCUT2D eigenvalue weighted by molar-refractivity contribution is 7.99. The number of thioether (sulfide) groups is 1. The first kappa shape index (κ1) is 14.1. The van der Waals surface area contributed by atoms with Gasteiger partial charge in [-0.3, -0.25) is 4.79 Å². The fraction of sp³-hybridized carbons (Fsp3) is 0.692. The number of rotatable bonds is 6. The van der Waals surface area contributed by atoms with Crippen molar-refractivity contribution in [3.8, 4) is 6.07 Å². The topological polar surface area (TPSA) is 50.1 Å². The van der Waals surface area contributed by atoms with Crippen LogP contribution in [0.5, 0.6) is 0 Å². The lowest BCUT2D eigenvalue weighted by Gasteiger charge is -2.25. The van der Waals surface area contributed by atoms with Gasteiger partial charge in [-0.05, 0) is 31.1 Å². The van der Waals surface area contributed by atoms with E-state index in [0.29, 0.717) is 12.8 Å². The van der Waals surface area contributed by atoms with Gasteiger partial charge in [-0.1, -0.05) is 13.0 Å². The van der Waals surface area contributed by atoms with Crippen LogP contribution in [-0.4, -0.2) is 23.1 Å². The first-order valence-corrected chi connectivity index (χ1v) is 7.26. The van der Waals surface area contributed by atoms with Gasteiger partial charge >= 0.3 is 5.97 Å². The predicted octanol–water partition coefficient (Wildman–Crippen LogP) is 3.07. The molecule has 0 aliphatic heterocycles. The van der Waals surface area contributed by atoms with E-state index < -0.39 is 5.60 Å². The molecule has 3 nitrogen and oxygen atoms in total. The van der Waals surface area contributed by atoms with Gasteiger partial charge in [0.25, 0.3) is 0 Å². The molecule has 0 spiro atoms. The summed E-state index contributed by atoms with van der Waals surface area (Å²) in [6.45, 7) is 2.11. The van der Waals surface area contributed by atoms with Crippen molar-refractivity contribution in [1.29, 1.82) is 5.26 Å². The maximum atomic E-state index is 11.6. The van der Waals surface area contributed by atoms with Gasteiger partial charge in [0.1, 0.15) is 6.07 Å². The lowest BCUT2D eigenvalue weighted by molar-refractivity contribution is -0.151. The number of hydrogen-bond donors (Lipinski definition) is 0. The van der Waals surface area contributed by atoms with E-state index in [1.165, 1.54) is 0 Å². The summed E-state index contributed by atoms with van der Waals surface area (Å²) in [6, 6.07) is 2.11. The molecule has 0 heterocycles. The highest BCUT2D eigenvalue weighted by Gasteiger charge is 2.32. The molecule has 1 aliphatic carbocycles. The molecule has 0 aromatic carbocycles. The summed E-state index contributed by atoms with van der Waals surface area (Å²) in [6.07, 6.45) is 7.65. The molecular weight excluding hydrogens is 234 g/mol. The third-order valence-corrected chi connectivity index (χ3v) is 3.78. The van der Waals surface area contributed by atoms with Crippen LogP contribution in [0.1, 0.15) is 39.0 Å². The van der Waals surface area contributed by atoms with E-state index in [1.807, 2.05) is 6.08 Å². The summed E-state index contributed by atoms with van der Waals surface area (Å²) in [4.78, 5) is 11.6. The molecule has 94 valence electrons. The Balaban J connectivity index is 2.36. The Morgan fingerprint density at radius 1 is 1.59 bits per heavy atom. The van der Waals surface area contributed by atoms with Gasteiger partial charge in [0.05, 0.1) is 6.42 Å². The van der Waals surface area contributed by atoms with Gasteiger partial charge in [-0.2, -0.15) is 17.0 Å². The molecule has 0 aromatic heterocycles. The molecule has 0 aromatic rings. The van der Waals surface area contributed by atoms with E-state index in [4.69, 9.17) is 10.00 Å². The van der Waals surface area contributed by atoms with Crippen molar-refractivity contribution in [2.45, 2.75) is 44.6 Å². The van der Waals surface area contributed by atoms with Crippen LogP contribution in [0.3, 0.4) is 0 Å². The monoisotopic (exact) mass is 253 g/mol. The summed E-state index contributed by atoms with van der Waals surface area (Å²) in [7, 11) is 0. The maximum Gasteiger partial charge on any atom is 0.308 e. The Morgan fingerprint density at radius 2 is 2.41 bits per heavy atom. The minimum absolute atomic E-state index is 0.262. The summed E-state index contributed by atoms with van der Waals surface area (Å²) in [5, 5.41) is 9.12. The van der Waals surface area contributed by atoms with Crippen LogP contribution >= 0.6 is 11.8 Å². The molecular formula is C13H19NO2S. The van der Waals surface area contributed by atoms with Crippen molar-refractivity contribution in [3.05, 3.63) is 12.2 Å². The van der Waals surface area contributed by atoms with Crippen molar-refractivity contribution in [3.63, 3.8) is 0 Å². The lowest BCUT2D eigenvalue weighted by atomic mass is 9.92. The number of ether oxygens (including phenoxy) is 1. The largest absolute Gasteiger partial charge is 0.440 e. The number of nitrogens with zero attached hydrogens (tertiary/aromatic N) is 1. The second-order valence-electron chi connectivity index (χ2n) is 4.13. The zero-order valence-electron chi connectivity index (χ0n) is 10.3. The Labute approximate surface area is 107 Å². The molecule has 0 unspecified atom stereocenters. The summed E-state index contributed by atoms with van der Waals surface area (Å²) >= 11 is 1.75. The number of carbonyl (C=O) groups excluding carboxylic acids is 1. The van der Waals surface area contributed by atoms with E-state index in [9.17, 15) is 4.79 Å². The van der Waals surface area contributed by atoms with Crippen molar-refractivity contribution in [2.24, 2.45) is 0 Å². The number of allylic oxidation sites excluding steroid dienone is 1. The third kappa shape index (κ3) is 4.82. The smallest absolute Gasteiger partial charge is 0.308 e. The Kier molecular flexibility index (Phi) is 6.13. The Morgan fingerprint density at radius 3 is 3.00 bits per heavy atom. The summed E-state index contributed by atoms with van der Waals surface area (Å²) < 4.78 is 5.31. The summed E-state index contributed by atoms with van der Waals surface area (Å²) in [5.41, 5.74) is -0.995. The zero-order chi connectivity index (χ0) is 12.6. The Hall–Kier alpha value is -0.950. The number of hydrogen-bond acceptors (Lipinski definition) is 4. The molecule has 0 saturated carbocycles. The highest BCUT2D eigenvalue weighted by atomic mass is 32.2. The fourth-order valence-corrected chi connectivity index (χ4v) is 2.50. The van der Waals surface area contributed by atoms with E-state index in [-0.39, 0.29) is 5.97 Å². The van der Waals surface area contributed by atoms with E-state index in [1.54, 1.807) is 17.8 Å². The maximum absolute atomic E-state index is 11.6. The molecule has 1 atom stereocenters. The molecule has 1 aliphatic rings. The van der Waals surface area contributed by atoms with Gasteiger partial charge < -0.3 is 4.74 Å². The minimum Gasteiger partial charge on any atom is -0.440 e. The lowest BCUT2D eigenvalue weighted by Crippen LogP contribution is -2.33. The second kappa shape index (κ2) is 7.39. The predicted molar refractivity (Wildman–Crippen MR) is 69.7 cm³/mol. The Bertz CT molecular complexity index is 322. The molecule has 0 saturated heterocycles. The number of nitriles is 1. The van der Waals surface area contributed by atoms with Crippen molar-refractivity contribution < 1.29 is 9.53 Å². The first-order chi connectivity index (χ1) is 8.22. The molecule has 4 heteroatoms. The average Bonchev–Trinajstić information content (AvgIpc) is 2.36. The van der Waals surface area contributed by atoms with E-state index in [0.717, 1.165) is 30.8 Å². The minimum atomic E-state index is -0.995.